The van der Waals surface area contributed by atoms with Crippen molar-refractivity contribution in [1.29, 1.82) is 0 Å². The summed E-state index contributed by atoms with van der Waals surface area (Å²) >= 11 is 0. The number of hydrogen-bond donors (Lipinski definition) is 1. The van der Waals surface area contributed by atoms with E-state index in [1.807, 2.05) is 32.0 Å². The first kappa shape index (κ1) is 16.8. The maximum Gasteiger partial charge on any atom is 0.257 e. The quantitative estimate of drug-likeness (QED) is 0.776. The summed E-state index contributed by atoms with van der Waals surface area (Å²) in [4.78, 5) is 14.2. The molecular weight excluding hydrogens is 280 g/mol. The molecule has 0 aromatic heterocycles. The fourth-order valence-corrected chi connectivity index (χ4v) is 2.43. The van der Waals surface area contributed by atoms with Gasteiger partial charge in [-0.1, -0.05) is 12.1 Å². The van der Waals surface area contributed by atoms with Gasteiger partial charge in [-0.25, -0.2) is 0 Å². The standard InChI is InChI=1S/C17H26N2O3/c1-14-5-3-6-16(15(14)2)22-13-17(20)18-7-4-8-19-9-11-21-12-10-19/h3,5-6H,4,7-13H2,1-2H3,(H,18,20). The van der Waals surface area contributed by atoms with Crippen LogP contribution in [0, 0.1) is 13.8 Å². The van der Waals surface area contributed by atoms with Crippen LogP contribution in [0.5, 0.6) is 5.75 Å². The van der Waals surface area contributed by atoms with Crippen molar-refractivity contribution in [3.63, 3.8) is 0 Å². The zero-order chi connectivity index (χ0) is 15.8. The van der Waals surface area contributed by atoms with E-state index in [0.29, 0.717) is 6.54 Å². The Morgan fingerprint density at radius 2 is 2.09 bits per heavy atom. The lowest BCUT2D eigenvalue weighted by atomic mass is 10.1. The highest BCUT2D eigenvalue weighted by molar-refractivity contribution is 5.77. The van der Waals surface area contributed by atoms with Crippen molar-refractivity contribution in [1.82, 2.24) is 10.2 Å². The van der Waals surface area contributed by atoms with Crippen LogP contribution >= 0.6 is 0 Å². The van der Waals surface area contributed by atoms with Crippen LogP contribution in [0.25, 0.3) is 0 Å². The minimum absolute atomic E-state index is 0.0668. The molecule has 1 fully saturated rings. The molecule has 5 nitrogen and oxygen atoms in total. The van der Waals surface area contributed by atoms with Crippen LogP contribution < -0.4 is 10.1 Å². The summed E-state index contributed by atoms with van der Waals surface area (Å²) in [6.07, 6.45) is 0.954. The number of aryl methyl sites for hydroxylation is 1. The molecule has 0 saturated carbocycles. The van der Waals surface area contributed by atoms with Crippen LogP contribution in [0.1, 0.15) is 17.5 Å². The molecule has 1 amide bonds. The molecule has 0 radical (unpaired) electrons. The van der Waals surface area contributed by atoms with Gasteiger partial charge in [0.1, 0.15) is 5.75 Å². The molecule has 1 N–H and O–H groups in total. The number of nitrogens with zero attached hydrogens (tertiary/aromatic N) is 1. The van der Waals surface area contributed by atoms with Crippen molar-refractivity contribution in [2.24, 2.45) is 0 Å². The number of nitrogens with one attached hydrogen (secondary N) is 1. The van der Waals surface area contributed by atoms with Crippen LogP contribution in [0.2, 0.25) is 0 Å². The highest BCUT2D eigenvalue weighted by atomic mass is 16.5. The molecule has 5 heteroatoms. The lowest BCUT2D eigenvalue weighted by Crippen LogP contribution is -2.38. The third-order valence-electron chi connectivity index (χ3n) is 3.99. The lowest BCUT2D eigenvalue weighted by Gasteiger charge is -2.26. The third-order valence-corrected chi connectivity index (χ3v) is 3.99. The van der Waals surface area contributed by atoms with E-state index in [9.17, 15) is 4.79 Å². The minimum atomic E-state index is -0.0668. The Balaban J connectivity index is 1.60. The molecule has 1 aliphatic rings. The zero-order valence-electron chi connectivity index (χ0n) is 13.6. The van der Waals surface area contributed by atoms with Gasteiger partial charge >= 0.3 is 0 Å². The van der Waals surface area contributed by atoms with Gasteiger partial charge in [-0.2, -0.15) is 0 Å². The van der Waals surface area contributed by atoms with E-state index in [4.69, 9.17) is 9.47 Å². The molecule has 22 heavy (non-hydrogen) atoms. The number of benzene rings is 1. The largest absolute Gasteiger partial charge is 0.483 e. The molecule has 1 aromatic carbocycles. The highest BCUT2D eigenvalue weighted by Gasteiger charge is 2.10. The van der Waals surface area contributed by atoms with Crippen molar-refractivity contribution >= 4 is 5.91 Å². The second kappa shape index (κ2) is 8.76. The van der Waals surface area contributed by atoms with Gasteiger partial charge < -0.3 is 14.8 Å². The van der Waals surface area contributed by atoms with Crippen LogP contribution in [0.15, 0.2) is 18.2 Å². The van der Waals surface area contributed by atoms with E-state index < -0.39 is 0 Å². The van der Waals surface area contributed by atoms with Gasteiger partial charge in [-0.05, 0) is 44.0 Å². The van der Waals surface area contributed by atoms with Crippen LogP contribution in [0.3, 0.4) is 0 Å². The topological polar surface area (TPSA) is 50.8 Å². The predicted molar refractivity (Wildman–Crippen MR) is 86.3 cm³/mol. The molecule has 1 aliphatic heterocycles. The summed E-state index contributed by atoms with van der Waals surface area (Å²) in [6.45, 7) is 9.41. The highest BCUT2D eigenvalue weighted by Crippen LogP contribution is 2.20. The van der Waals surface area contributed by atoms with Crippen molar-refractivity contribution in [2.75, 3.05) is 46.0 Å². The molecule has 0 atom stereocenters. The Labute approximate surface area is 132 Å². The summed E-state index contributed by atoms with van der Waals surface area (Å²) in [6, 6.07) is 5.87. The van der Waals surface area contributed by atoms with Crippen molar-refractivity contribution in [3.8, 4) is 5.75 Å². The average molecular weight is 306 g/mol. The van der Waals surface area contributed by atoms with Crippen LogP contribution in [0.4, 0.5) is 0 Å². The van der Waals surface area contributed by atoms with E-state index in [1.54, 1.807) is 0 Å². The first-order chi connectivity index (χ1) is 10.7. The van der Waals surface area contributed by atoms with Gasteiger partial charge in [-0.15, -0.1) is 0 Å². The third kappa shape index (κ3) is 5.31. The summed E-state index contributed by atoms with van der Waals surface area (Å²) in [5.41, 5.74) is 2.26. The molecule has 0 unspecified atom stereocenters. The van der Waals surface area contributed by atoms with E-state index in [-0.39, 0.29) is 12.5 Å². The van der Waals surface area contributed by atoms with E-state index >= 15 is 0 Å². The van der Waals surface area contributed by atoms with Crippen molar-refractivity contribution in [2.45, 2.75) is 20.3 Å². The average Bonchev–Trinajstić information content (AvgIpc) is 2.54. The second-order valence-electron chi connectivity index (χ2n) is 5.64. The molecule has 1 heterocycles. The molecular formula is C17H26N2O3. The normalized spacial score (nSPS) is 15.5. The summed E-state index contributed by atoms with van der Waals surface area (Å²) in [7, 11) is 0. The van der Waals surface area contributed by atoms with E-state index in [0.717, 1.165) is 50.6 Å². The maximum absolute atomic E-state index is 11.8. The number of ether oxygens (including phenoxy) is 2. The van der Waals surface area contributed by atoms with Crippen molar-refractivity contribution in [3.05, 3.63) is 29.3 Å². The predicted octanol–water partition coefficient (Wildman–Crippen LogP) is 1.52. The van der Waals surface area contributed by atoms with Gasteiger partial charge in [0.2, 0.25) is 0 Å². The number of morpholine rings is 1. The van der Waals surface area contributed by atoms with Crippen LogP contribution in [-0.2, 0) is 9.53 Å². The zero-order valence-corrected chi connectivity index (χ0v) is 13.6. The first-order valence-electron chi connectivity index (χ1n) is 7.92. The molecule has 0 bridgehead atoms. The van der Waals surface area contributed by atoms with Gasteiger partial charge in [0.05, 0.1) is 13.2 Å². The first-order valence-corrected chi connectivity index (χ1v) is 7.92. The maximum atomic E-state index is 11.8. The summed E-state index contributed by atoms with van der Waals surface area (Å²) in [5, 5.41) is 2.90. The van der Waals surface area contributed by atoms with E-state index in [1.165, 1.54) is 5.56 Å². The Morgan fingerprint density at radius 1 is 1.32 bits per heavy atom. The Hall–Kier alpha value is -1.59. The smallest absolute Gasteiger partial charge is 0.257 e. The molecule has 0 spiro atoms. The number of carbonyl (C=O) groups excluding carboxylic acids is 1. The second-order valence-corrected chi connectivity index (χ2v) is 5.64. The SMILES string of the molecule is Cc1cccc(OCC(=O)NCCCN2CCOCC2)c1C. The minimum Gasteiger partial charge on any atom is -0.483 e. The Morgan fingerprint density at radius 3 is 2.86 bits per heavy atom. The fourth-order valence-electron chi connectivity index (χ4n) is 2.43. The Kier molecular flexibility index (Phi) is 6.68. The lowest BCUT2D eigenvalue weighted by molar-refractivity contribution is -0.123. The number of carbonyl (C=O) groups is 1. The Bertz CT molecular complexity index is 485. The van der Waals surface area contributed by atoms with Gasteiger partial charge in [0.25, 0.3) is 5.91 Å². The molecule has 2 rings (SSSR count). The van der Waals surface area contributed by atoms with E-state index in [2.05, 4.69) is 10.2 Å². The number of hydrogen-bond acceptors (Lipinski definition) is 4. The number of amides is 1. The molecule has 122 valence electrons. The number of rotatable bonds is 7. The fraction of sp³-hybridized carbons (Fsp3) is 0.588. The molecule has 1 aromatic rings. The molecule has 1 saturated heterocycles. The molecule has 0 aliphatic carbocycles. The van der Waals surface area contributed by atoms with Crippen LogP contribution in [-0.4, -0.2) is 56.8 Å². The van der Waals surface area contributed by atoms with Crippen molar-refractivity contribution < 1.29 is 14.3 Å². The monoisotopic (exact) mass is 306 g/mol. The van der Waals surface area contributed by atoms with Gasteiger partial charge in [-0.3, -0.25) is 9.69 Å². The van der Waals surface area contributed by atoms with Gasteiger partial charge in [0.15, 0.2) is 6.61 Å². The summed E-state index contributed by atoms with van der Waals surface area (Å²) in [5.74, 6) is 0.714. The summed E-state index contributed by atoms with van der Waals surface area (Å²) < 4.78 is 10.9. The van der Waals surface area contributed by atoms with Gasteiger partial charge in [0, 0.05) is 19.6 Å².